The van der Waals surface area contributed by atoms with Crippen LogP contribution in [0.4, 0.5) is 5.69 Å². The predicted octanol–water partition coefficient (Wildman–Crippen LogP) is 5.47. The Morgan fingerprint density at radius 3 is 2.36 bits per heavy atom. The molecule has 0 bridgehead atoms. The molecular formula is C22H22ClNO3S. The summed E-state index contributed by atoms with van der Waals surface area (Å²) in [4.78, 5) is 28.1. The molecule has 146 valence electrons. The number of carbonyl (C=O) groups is 2. The van der Waals surface area contributed by atoms with Crippen molar-refractivity contribution < 1.29 is 14.3 Å². The highest BCUT2D eigenvalue weighted by Crippen LogP contribution is 2.40. The van der Waals surface area contributed by atoms with Gasteiger partial charge in [-0.3, -0.25) is 9.59 Å². The van der Waals surface area contributed by atoms with Crippen LogP contribution in [0.2, 0.25) is 5.02 Å². The molecule has 0 aliphatic carbocycles. The van der Waals surface area contributed by atoms with Gasteiger partial charge in [-0.25, -0.2) is 4.90 Å². The molecule has 0 spiro atoms. The van der Waals surface area contributed by atoms with Gasteiger partial charge in [0.15, 0.2) is 0 Å². The summed E-state index contributed by atoms with van der Waals surface area (Å²) in [6, 6.07) is 12.5. The summed E-state index contributed by atoms with van der Waals surface area (Å²) in [6.45, 7) is 7.72. The zero-order chi connectivity index (χ0) is 20.4. The van der Waals surface area contributed by atoms with Gasteiger partial charge in [0.25, 0.3) is 11.8 Å². The second-order valence-corrected chi connectivity index (χ2v) is 8.42. The molecule has 0 saturated heterocycles. The van der Waals surface area contributed by atoms with Crippen molar-refractivity contribution in [3.63, 3.8) is 0 Å². The maximum atomic E-state index is 13.3. The van der Waals surface area contributed by atoms with Gasteiger partial charge in [0.2, 0.25) is 0 Å². The first-order chi connectivity index (χ1) is 13.3. The minimum atomic E-state index is -0.330. The third-order valence-electron chi connectivity index (χ3n) is 4.26. The lowest BCUT2D eigenvalue weighted by Crippen LogP contribution is -2.32. The summed E-state index contributed by atoms with van der Waals surface area (Å²) >= 11 is 7.50. The summed E-state index contributed by atoms with van der Waals surface area (Å²) in [5.74, 6) is 0.779. The number of hydrogen-bond acceptors (Lipinski definition) is 4. The topological polar surface area (TPSA) is 46.6 Å². The normalized spacial score (nSPS) is 14.4. The van der Waals surface area contributed by atoms with Crippen LogP contribution in [0.3, 0.4) is 0 Å². The first-order valence-corrected chi connectivity index (χ1v) is 10.5. The van der Waals surface area contributed by atoms with Gasteiger partial charge < -0.3 is 4.74 Å². The van der Waals surface area contributed by atoms with Crippen LogP contribution in [0.15, 0.2) is 47.4 Å². The van der Waals surface area contributed by atoms with Crippen LogP contribution in [0.1, 0.15) is 31.9 Å². The van der Waals surface area contributed by atoms with Crippen molar-refractivity contribution in [2.75, 3.05) is 10.7 Å². The number of ether oxygens (including phenoxy) is 1. The minimum absolute atomic E-state index is 0.0623. The van der Waals surface area contributed by atoms with Crippen LogP contribution >= 0.6 is 23.4 Å². The lowest BCUT2D eigenvalue weighted by molar-refractivity contribution is -0.119. The lowest BCUT2D eigenvalue weighted by Gasteiger charge is -2.18. The van der Waals surface area contributed by atoms with Crippen molar-refractivity contribution >= 4 is 46.4 Å². The molecule has 0 atom stereocenters. The number of halogens is 1. The van der Waals surface area contributed by atoms with Crippen molar-refractivity contribution in [1.29, 1.82) is 0 Å². The highest BCUT2D eigenvalue weighted by atomic mass is 35.5. The van der Waals surface area contributed by atoms with Crippen molar-refractivity contribution in [1.82, 2.24) is 0 Å². The number of anilines is 1. The van der Waals surface area contributed by atoms with Gasteiger partial charge in [-0.05, 0) is 61.9 Å². The van der Waals surface area contributed by atoms with E-state index in [0.717, 1.165) is 11.3 Å². The summed E-state index contributed by atoms with van der Waals surface area (Å²) in [5, 5.41) is 0.481. The number of aryl methyl sites for hydroxylation is 1. The maximum absolute atomic E-state index is 13.3. The van der Waals surface area contributed by atoms with E-state index in [2.05, 4.69) is 0 Å². The fraction of sp³-hybridized carbons (Fsp3) is 0.273. The molecule has 1 heterocycles. The molecule has 2 aromatic rings. The van der Waals surface area contributed by atoms with E-state index in [1.54, 1.807) is 18.2 Å². The second kappa shape index (κ2) is 8.41. The number of rotatable bonds is 6. The Bertz CT molecular complexity index is 951. The molecule has 0 aromatic heterocycles. The van der Waals surface area contributed by atoms with E-state index < -0.39 is 0 Å². The number of thioether (sulfide) groups is 1. The minimum Gasteiger partial charge on any atom is -0.491 e. The molecule has 1 aliphatic rings. The quantitative estimate of drug-likeness (QED) is 0.586. The number of hydrogen-bond donors (Lipinski definition) is 0. The Labute approximate surface area is 174 Å². The van der Waals surface area contributed by atoms with Gasteiger partial charge in [-0.15, -0.1) is 11.8 Å². The van der Waals surface area contributed by atoms with Crippen LogP contribution in [0.5, 0.6) is 5.75 Å². The van der Waals surface area contributed by atoms with Gasteiger partial charge >= 0.3 is 0 Å². The van der Waals surface area contributed by atoms with Crippen molar-refractivity contribution in [2.45, 2.75) is 33.8 Å². The zero-order valence-electron chi connectivity index (χ0n) is 16.3. The largest absolute Gasteiger partial charge is 0.491 e. The summed E-state index contributed by atoms with van der Waals surface area (Å²) < 4.78 is 5.68. The van der Waals surface area contributed by atoms with Crippen LogP contribution in [0.25, 0.3) is 5.57 Å². The van der Waals surface area contributed by atoms with Crippen LogP contribution in [0, 0.1) is 6.92 Å². The van der Waals surface area contributed by atoms with E-state index in [4.69, 9.17) is 16.3 Å². The van der Waals surface area contributed by atoms with Gasteiger partial charge in [0, 0.05) is 5.02 Å². The van der Waals surface area contributed by atoms with E-state index in [-0.39, 0.29) is 17.9 Å². The number of amides is 2. The molecule has 6 heteroatoms. The van der Waals surface area contributed by atoms with Gasteiger partial charge in [-0.2, -0.15) is 0 Å². The summed E-state index contributed by atoms with van der Waals surface area (Å²) in [7, 11) is 0. The molecule has 0 fully saturated rings. The van der Waals surface area contributed by atoms with Crippen LogP contribution < -0.4 is 9.64 Å². The van der Waals surface area contributed by atoms with Crippen molar-refractivity contribution in [2.24, 2.45) is 0 Å². The summed E-state index contributed by atoms with van der Waals surface area (Å²) in [5.41, 5.74) is 2.46. The third-order valence-corrected chi connectivity index (χ3v) is 5.45. The van der Waals surface area contributed by atoms with Gasteiger partial charge in [-0.1, -0.05) is 36.7 Å². The standard InChI is InChI=1S/C22H22ClNO3S/c1-5-28-20-19(15-7-10-17(11-8-15)27-13(2)3)21(25)24(22(20)26)18-12-16(23)9-6-14(18)4/h6-13H,5H2,1-4H3. The van der Waals surface area contributed by atoms with Crippen LogP contribution in [-0.2, 0) is 9.59 Å². The molecule has 0 saturated carbocycles. The molecule has 2 aromatic carbocycles. The second-order valence-electron chi connectivity index (χ2n) is 6.70. The van der Waals surface area contributed by atoms with Crippen molar-refractivity contribution in [3.05, 3.63) is 63.5 Å². The van der Waals surface area contributed by atoms with Crippen LogP contribution in [-0.4, -0.2) is 23.7 Å². The molecular weight excluding hydrogens is 394 g/mol. The van der Waals surface area contributed by atoms with E-state index in [0.29, 0.717) is 32.5 Å². The number of carbonyl (C=O) groups excluding carboxylic acids is 2. The maximum Gasteiger partial charge on any atom is 0.272 e. The Balaban J connectivity index is 2.04. The van der Waals surface area contributed by atoms with E-state index in [1.165, 1.54) is 16.7 Å². The highest BCUT2D eigenvalue weighted by Gasteiger charge is 2.40. The van der Waals surface area contributed by atoms with Crippen molar-refractivity contribution in [3.8, 4) is 5.75 Å². The van der Waals surface area contributed by atoms with Gasteiger partial charge in [0.05, 0.1) is 22.3 Å². The smallest absolute Gasteiger partial charge is 0.272 e. The SMILES string of the molecule is CCSC1=C(c2ccc(OC(C)C)cc2)C(=O)N(c2cc(Cl)ccc2C)C1=O. The number of benzene rings is 2. The molecule has 1 aliphatic heterocycles. The average molecular weight is 416 g/mol. The van der Waals surface area contributed by atoms with E-state index >= 15 is 0 Å². The molecule has 4 nitrogen and oxygen atoms in total. The molecule has 0 N–H and O–H groups in total. The fourth-order valence-corrected chi connectivity index (χ4v) is 4.08. The fourth-order valence-electron chi connectivity index (χ4n) is 3.06. The first kappa shape index (κ1) is 20.5. The molecule has 0 radical (unpaired) electrons. The predicted molar refractivity (Wildman–Crippen MR) is 116 cm³/mol. The monoisotopic (exact) mass is 415 g/mol. The molecule has 2 amide bonds. The Hall–Kier alpha value is -2.24. The first-order valence-electron chi connectivity index (χ1n) is 9.12. The summed E-state index contributed by atoms with van der Waals surface area (Å²) in [6.07, 6.45) is 0.0623. The Morgan fingerprint density at radius 2 is 1.75 bits per heavy atom. The van der Waals surface area contributed by atoms with E-state index in [1.807, 2.05) is 52.0 Å². The van der Waals surface area contributed by atoms with Gasteiger partial charge in [0.1, 0.15) is 5.75 Å². The lowest BCUT2D eigenvalue weighted by atomic mass is 10.1. The molecule has 3 rings (SSSR count). The Morgan fingerprint density at radius 1 is 1.07 bits per heavy atom. The highest BCUT2D eigenvalue weighted by molar-refractivity contribution is 8.04. The third kappa shape index (κ3) is 3.96. The average Bonchev–Trinajstić information content (AvgIpc) is 2.88. The van der Waals surface area contributed by atoms with E-state index in [9.17, 15) is 9.59 Å². The zero-order valence-corrected chi connectivity index (χ0v) is 17.9. The molecule has 28 heavy (non-hydrogen) atoms. The number of nitrogens with zero attached hydrogens (tertiary/aromatic N) is 1. The number of imide groups is 1. The Kier molecular flexibility index (Phi) is 6.16. The molecule has 0 unspecified atom stereocenters.